The Morgan fingerprint density at radius 3 is 2.61 bits per heavy atom. The maximum absolute atomic E-state index is 6.17. The highest BCUT2D eigenvalue weighted by atomic mass is 16.5. The molecule has 0 radical (unpaired) electrons. The minimum atomic E-state index is 0.316. The summed E-state index contributed by atoms with van der Waals surface area (Å²) in [5, 5.41) is 3.51. The maximum atomic E-state index is 6.17. The molecular weight excluding hydrogens is 354 g/mol. The molecule has 0 aromatic rings. The van der Waals surface area contributed by atoms with Crippen LogP contribution in [0.5, 0.6) is 0 Å². The number of guanidine groups is 1. The average Bonchev–Trinajstić information content (AvgIpc) is 2.71. The SMILES string of the molecule is CCNC(=NCC1(CCOC)CCC1)N1CCC(OCC2CCCCO2)CC1. The molecule has 0 spiro atoms. The Bertz CT molecular complexity index is 468. The van der Waals surface area contributed by atoms with Gasteiger partial charge in [-0.05, 0) is 63.7 Å². The molecule has 162 valence electrons. The Morgan fingerprint density at radius 2 is 2.00 bits per heavy atom. The Morgan fingerprint density at radius 1 is 1.18 bits per heavy atom. The third-order valence-electron chi connectivity index (χ3n) is 6.68. The molecule has 2 aliphatic heterocycles. The Hall–Kier alpha value is -0.850. The number of nitrogens with one attached hydrogen (secondary N) is 1. The fourth-order valence-electron chi connectivity index (χ4n) is 4.57. The van der Waals surface area contributed by atoms with E-state index in [1.807, 2.05) is 0 Å². The van der Waals surface area contributed by atoms with E-state index in [-0.39, 0.29) is 0 Å². The van der Waals surface area contributed by atoms with E-state index in [0.29, 0.717) is 17.6 Å². The lowest BCUT2D eigenvalue weighted by molar-refractivity contribution is -0.0721. The van der Waals surface area contributed by atoms with Crippen LogP contribution in [-0.4, -0.2) is 76.2 Å². The second-order valence-corrected chi connectivity index (χ2v) is 8.77. The summed E-state index contributed by atoms with van der Waals surface area (Å²) >= 11 is 0. The molecule has 1 unspecified atom stereocenters. The van der Waals surface area contributed by atoms with Crippen molar-refractivity contribution in [3.63, 3.8) is 0 Å². The molecule has 1 atom stereocenters. The van der Waals surface area contributed by atoms with Crippen molar-refractivity contribution < 1.29 is 14.2 Å². The standard InChI is InChI=1S/C22H41N3O3/c1-3-23-21(24-18-22(10-6-11-22)12-16-26-2)25-13-8-19(9-14-25)28-17-20-7-4-5-15-27-20/h19-20H,3-18H2,1-2H3,(H,23,24). The van der Waals surface area contributed by atoms with Crippen LogP contribution >= 0.6 is 0 Å². The number of hydrogen-bond donors (Lipinski definition) is 1. The van der Waals surface area contributed by atoms with Gasteiger partial charge in [-0.2, -0.15) is 0 Å². The van der Waals surface area contributed by atoms with Gasteiger partial charge >= 0.3 is 0 Å². The molecule has 1 aliphatic carbocycles. The highest BCUT2D eigenvalue weighted by Gasteiger charge is 2.36. The lowest BCUT2D eigenvalue weighted by Gasteiger charge is -2.41. The fourth-order valence-corrected chi connectivity index (χ4v) is 4.57. The topological polar surface area (TPSA) is 55.3 Å². The number of ether oxygens (including phenoxy) is 3. The van der Waals surface area contributed by atoms with E-state index in [4.69, 9.17) is 19.2 Å². The van der Waals surface area contributed by atoms with Crippen molar-refractivity contribution in [1.82, 2.24) is 10.2 Å². The molecule has 6 heteroatoms. The summed E-state index contributed by atoms with van der Waals surface area (Å²) in [7, 11) is 1.80. The van der Waals surface area contributed by atoms with Gasteiger partial charge in [0.2, 0.25) is 0 Å². The van der Waals surface area contributed by atoms with Crippen LogP contribution in [0, 0.1) is 5.41 Å². The summed E-state index contributed by atoms with van der Waals surface area (Å²) in [4.78, 5) is 7.46. The number of aliphatic imine (C=N–C) groups is 1. The number of hydrogen-bond acceptors (Lipinski definition) is 4. The van der Waals surface area contributed by atoms with E-state index in [1.165, 1.54) is 32.1 Å². The molecule has 3 fully saturated rings. The van der Waals surface area contributed by atoms with Crippen molar-refractivity contribution in [3.8, 4) is 0 Å². The second-order valence-electron chi connectivity index (χ2n) is 8.77. The van der Waals surface area contributed by atoms with E-state index in [2.05, 4.69) is 17.1 Å². The van der Waals surface area contributed by atoms with Crippen molar-refractivity contribution in [2.45, 2.75) is 76.9 Å². The van der Waals surface area contributed by atoms with E-state index in [1.54, 1.807) is 7.11 Å². The lowest BCUT2D eigenvalue weighted by atomic mass is 9.67. The van der Waals surface area contributed by atoms with E-state index in [0.717, 1.165) is 77.6 Å². The zero-order valence-corrected chi connectivity index (χ0v) is 18.1. The highest BCUT2D eigenvalue weighted by Crippen LogP contribution is 2.44. The molecule has 1 N–H and O–H groups in total. The van der Waals surface area contributed by atoms with Crippen molar-refractivity contribution in [1.29, 1.82) is 0 Å². The molecule has 1 saturated carbocycles. The largest absolute Gasteiger partial charge is 0.385 e. The third kappa shape index (κ3) is 6.33. The number of piperidine rings is 1. The fraction of sp³-hybridized carbons (Fsp3) is 0.955. The van der Waals surface area contributed by atoms with Crippen LogP contribution in [0.1, 0.15) is 64.7 Å². The summed E-state index contributed by atoms with van der Waals surface area (Å²) in [6.07, 6.45) is 11.5. The summed E-state index contributed by atoms with van der Waals surface area (Å²) in [6.45, 7) is 8.55. The van der Waals surface area contributed by atoms with Crippen LogP contribution in [-0.2, 0) is 14.2 Å². The molecule has 0 aromatic heterocycles. The van der Waals surface area contributed by atoms with Gasteiger partial charge in [0.25, 0.3) is 0 Å². The summed E-state index contributed by atoms with van der Waals surface area (Å²) < 4.78 is 17.3. The van der Waals surface area contributed by atoms with Gasteiger partial charge in [0, 0.05) is 46.5 Å². The minimum absolute atomic E-state index is 0.316. The van der Waals surface area contributed by atoms with Crippen LogP contribution in [0.3, 0.4) is 0 Å². The minimum Gasteiger partial charge on any atom is -0.385 e. The first-order valence-electron chi connectivity index (χ1n) is 11.5. The van der Waals surface area contributed by atoms with Crippen LogP contribution in [0.2, 0.25) is 0 Å². The monoisotopic (exact) mass is 395 g/mol. The zero-order chi connectivity index (χ0) is 19.7. The smallest absolute Gasteiger partial charge is 0.193 e. The molecule has 0 bridgehead atoms. The number of nitrogens with zero attached hydrogens (tertiary/aromatic N) is 2. The Kier molecular flexibility index (Phi) is 8.87. The summed E-state index contributed by atoms with van der Waals surface area (Å²) in [6, 6.07) is 0. The maximum Gasteiger partial charge on any atom is 0.193 e. The van der Waals surface area contributed by atoms with E-state index >= 15 is 0 Å². The molecule has 3 rings (SSSR count). The summed E-state index contributed by atoms with van der Waals surface area (Å²) in [5.74, 6) is 1.08. The van der Waals surface area contributed by atoms with E-state index in [9.17, 15) is 0 Å². The highest BCUT2D eigenvalue weighted by molar-refractivity contribution is 5.80. The molecule has 2 heterocycles. The zero-order valence-electron chi connectivity index (χ0n) is 18.1. The number of rotatable bonds is 9. The summed E-state index contributed by atoms with van der Waals surface area (Å²) in [5.41, 5.74) is 0.373. The van der Waals surface area contributed by atoms with Crippen molar-refractivity contribution in [2.75, 3.05) is 53.1 Å². The predicted octanol–water partition coefficient (Wildman–Crippen LogP) is 3.21. The first-order chi connectivity index (χ1) is 13.7. The van der Waals surface area contributed by atoms with Gasteiger partial charge in [-0.25, -0.2) is 0 Å². The Labute approximate surface area is 171 Å². The molecule has 2 saturated heterocycles. The lowest BCUT2D eigenvalue weighted by Crippen LogP contribution is -2.48. The molecular formula is C22H41N3O3. The molecule has 6 nitrogen and oxygen atoms in total. The molecule has 28 heavy (non-hydrogen) atoms. The van der Waals surface area contributed by atoms with Crippen LogP contribution in [0.15, 0.2) is 4.99 Å². The normalized spacial score (nSPS) is 26.1. The first-order valence-corrected chi connectivity index (χ1v) is 11.5. The van der Waals surface area contributed by atoms with Gasteiger partial charge in [-0.15, -0.1) is 0 Å². The third-order valence-corrected chi connectivity index (χ3v) is 6.68. The molecule has 0 amide bonds. The van der Waals surface area contributed by atoms with Crippen LogP contribution < -0.4 is 5.32 Å². The van der Waals surface area contributed by atoms with Gasteiger partial charge in [-0.3, -0.25) is 4.99 Å². The number of methoxy groups -OCH3 is 1. The number of likely N-dealkylation sites (tertiary alicyclic amines) is 1. The molecule has 3 aliphatic rings. The van der Waals surface area contributed by atoms with Gasteiger partial charge in [0.05, 0.1) is 18.8 Å². The Balaban J connectivity index is 1.44. The van der Waals surface area contributed by atoms with Crippen LogP contribution in [0.4, 0.5) is 0 Å². The van der Waals surface area contributed by atoms with Crippen LogP contribution in [0.25, 0.3) is 0 Å². The predicted molar refractivity (Wildman–Crippen MR) is 113 cm³/mol. The second kappa shape index (κ2) is 11.4. The van der Waals surface area contributed by atoms with Gasteiger partial charge < -0.3 is 24.4 Å². The first kappa shape index (κ1) is 21.8. The van der Waals surface area contributed by atoms with Gasteiger partial charge in [-0.1, -0.05) is 6.42 Å². The van der Waals surface area contributed by atoms with Gasteiger partial charge in [0.1, 0.15) is 0 Å². The van der Waals surface area contributed by atoms with E-state index < -0.39 is 0 Å². The quantitative estimate of drug-likeness (QED) is 0.480. The molecule has 0 aromatic carbocycles. The van der Waals surface area contributed by atoms with Crippen molar-refractivity contribution >= 4 is 5.96 Å². The van der Waals surface area contributed by atoms with Crippen molar-refractivity contribution in [3.05, 3.63) is 0 Å². The average molecular weight is 396 g/mol. The van der Waals surface area contributed by atoms with Crippen molar-refractivity contribution in [2.24, 2.45) is 10.4 Å². The van der Waals surface area contributed by atoms with Gasteiger partial charge in [0.15, 0.2) is 5.96 Å².